The molecule has 1 aliphatic carbocycles. The molecule has 3 rings (SSSR count). The van der Waals surface area contributed by atoms with E-state index in [0.717, 1.165) is 17.0 Å². The molecular weight excluding hydrogens is 365 g/mol. The van der Waals surface area contributed by atoms with Crippen LogP contribution in [0.15, 0.2) is 24.3 Å². The van der Waals surface area contributed by atoms with Crippen LogP contribution < -0.4 is 10.9 Å². The van der Waals surface area contributed by atoms with Crippen molar-refractivity contribution in [2.75, 3.05) is 7.05 Å². The molecule has 4 amide bonds. The number of hydrogen-bond acceptors (Lipinski definition) is 4. The fraction of sp³-hybridized carbons (Fsp3) is 0.500. The minimum Gasteiger partial charge on any atom is -0.285 e. The van der Waals surface area contributed by atoms with Gasteiger partial charge in [-0.15, -0.1) is 0 Å². The number of halogens is 1. The van der Waals surface area contributed by atoms with Crippen LogP contribution in [-0.2, 0) is 14.4 Å². The Morgan fingerprint density at radius 2 is 1.43 bits per heavy atom. The maximum atomic E-state index is 13.0. The van der Waals surface area contributed by atoms with Gasteiger partial charge in [0, 0.05) is 23.4 Å². The van der Waals surface area contributed by atoms with Crippen LogP contribution in [0.4, 0.5) is 4.39 Å². The number of likely N-dealkylation sites (tertiary alicyclic amines) is 1. The number of benzene rings is 1. The number of rotatable bonds is 2. The first kappa shape index (κ1) is 20.0. The Labute approximate surface area is 162 Å². The van der Waals surface area contributed by atoms with Gasteiger partial charge in [0.05, 0.1) is 5.41 Å². The zero-order valence-corrected chi connectivity index (χ0v) is 16.4. The van der Waals surface area contributed by atoms with Crippen molar-refractivity contribution in [3.8, 4) is 0 Å². The summed E-state index contributed by atoms with van der Waals surface area (Å²) in [4.78, 5) is 51.6. The van der Waals surface area contributed by atoms with Crippen LogP contribution in [0, 0.1) is 22.1 Å². The summed E-state index contributed by atoms with van der Waals surface area (Å²) >= 11 is 0. The van der Waals surface area contributed by atoms with Gasteiger partial charge in [-0.3, -0.25) is 34.9 Å². The summed E-state index contributed by atoms with van der Waals surface area (Å²) in [6, 6.07) is 4.91. The van der Waals surface area contributed by atoms with Gasteiger partial charge in [-0.25, -0.2) is 4.39 Å². The highest BCUT2D eigenvalue weighted by Gasteiger charge is 2.62. The van der Waals surface area contributed by atoms with Gasteiger partial charge in [0.2, 0.25) is 17.7 Å². The zero-order valence-electron chi connectivity index (χ0n) is 16.4. The molecule has 2 N–H and O–H groups in total. The number of imide groups is 1. The highest BCUT2D eigenvalue weighted by molar-refractivity contribution is 6.04. The fourth-order valence-corrected chi connectivity index (χ4v) is 5.07. The summed E-state index contributed by atoms with van der Waals surface area (Å²) in [6.07, 6.45) is 0.932. The van der Waals surface area contributed by atoms with Crippen LogP contribution in [0.5, 0.6) is 0 Å². The standard InChI is InChI=1S/C20H24FN3O4/c1-18(15(26)23-22-14(25)12-5-7-13(21)8-6-12)9-19(2)11-20(3,10-18)17(28)24(4)16(19)27/h5-8H,9-11H2,1-4H3,(H,22,25)(H,23,26). The maximum absolute atomic E-state index is 13.0. The van der Waals surface area contributed by atoms with Crippen molar-refractivity contribution in [3.63, 3.8) is 0 Å². The Kier molecular flexibility index (Phi) is 4.56. The van der Waals surface area contributed by atoms with Crippen LogP contribution in [-0.4, -0.2) is 35.6 Å². The van der Waals surface area contributed by atoms with E-state index in [-0.39, 0.29) is 30.2 Å². The molecule has 1 aromatic rings. The first-order valence-electron chi connectivity index (χ1n) is 9.09. The van der Waals surface area contributed by atoms with Crippen LogP contribution >= 0.6 is 0 Å². The average Bonchev–Trinajstić information content (AvgIpc) is 2.62. The highest BCUT2D eigenvalue weighted by Crippen LogP contribution is 2.58. The molecule has 28 heavy (non-hydrogen) atoms. The lowest BCUT2D eigenvalue weighted by Gasteiger charge is -2.55. The van der Waals surface area contributed by atoms with Crippen LogP contribution in [0.2, 0.25) is 0 Å². The molecule has 150 valence electrons. The quantitative estimate of drug-likeness (QED) is 0.595. The van der Waals surface area contributed by atoms with Crippen LogP contribution in [0.25, 0.3) is 0 Å². The monoisotopic (exact) mass is 389 g/mol. The predicted octanol–water partition coefficient (Wildman–Crippen LogP) is 1.79. The minimum atomic E-state index is -1.01. The second kappa shape index (κ2) is 6.39. The smallest absolute Gasteiger partial charge is 0.269 e. The first-order chi connectivity index (χ1) is 12.9. The van der Waals surface area contributed by atoms with Crippen molar-refractivity contribution in [1.82, 2.24) is 15.8 Å². The molecule has 1 aliphatic heterocycles. The summed E-state index contributed by atoms with van der Waals surface area (Å²) in [6.45, 7) is 5.25. The first-order valence-corrected chi connectivity index (χ1v) is 9.09. The van der Waals surface area contributed by atoms with Crippen molar-refractivity contribution in [1.29, 1.82) is 0 Å². The molecule has 2 fully saturated rings. The van der Waals surface area contributed by atoms with Crippen LogP contribution in [0.3, 0.4) is 0 Å². The number of hydrogen-bond donors (Lipinski definition) is 2. The molecule has 1 saturated carbocycles. The van der Waals surface area contributed by atoms with E-state index in [9.17, 15) is 23.6 Å². The summed E-state index contributed by atoms with van der Waals surface area (Å²) in [5.74, 6) is -2.10. The SMILES string of the molecule is CN1C(=O)C2(C)CC(C)(C(=O)NNC(=O)c3ccc(F)cc3)CC(C)(C2)C1=O. The topological polar surface area (TPSA) is 95.6 Å². The van der Waals surface area contributed by atoms with E-state index in [2.05, 4.69) is 10.9 Å². The molecule has 7 nitrogen and oxygen atoms in total. The molecule has 2 bridgehead atoms. The molecular formula is C20H24FN3O4. The third-order valence-corrected chi connectivity index (χ3v) is 5.93. The highest BCUT2D eigenvalue weighted by atomic mass is 19.1. The number of amides is 4. The van der Waals surface area contributed by atoms with E-state index in [0.29, 0.717) is 6.42 Å². The zero-order chi connectivity index (χ0) is 20.9. The van der Waals surface area contributed by atoms with Crippen molar-refractivity contribution in [3.05, 3.63) is 35.6 Å². The number of hydrazine groups is 1. The van der Waals surface area contributed by atoms with Gasteiger partial charge >= 0.3 is 0 Å². The average molecular weight is 389 g/mol. The van der Waals surface area contributed by atoms with Gasteiger partial charge in [-0.2, -0.15) is 0 Å². The lowest BCUT2D eigenvalue weighted by atomic mass is 9.51. The molecule has 1 aromatic carbocycles. The normalized spacial score (nSPS) is 32.1. The van der Waals surface area contributed by atoms with Gasteiger partial charge < -0.3 is 0 Å². The second-order valence-corrected chi connectivity index (χ2v) is 8.80. The summed E-state index contributed by atoms with van der Waals surface area (Å²) < 4.78 is 13.0. The van der Waals surface area contributed by atoms with Gasteiger partial charge in [-0.1, -0.05) is 20.8 Å². The van der Waals surface area contributed by atoms with E-state index in [1.165, 1.54) is 19.2 Å². The Bertz CT molecular complexity index is 839. The third-order valence-electron chi connectivity index (χ3n) is 5.93. The molecule has 2 unspecified atom stereocenters. The van der Waals surface area contributed by atoms with E-state index in [4.69, 9.17) is 0 Å². The number of piperidine rings is 1. The number of nitrogens with one attached hydrogen (secondary N) is 2. The molecule has 1 heterocycles. The second-order valence-electron chi connectivity index (χ2n) is 8.80. The van der Waals surface area contributed by atoms with E-state index in [1.54, 1.807) is 20.8 Å². The van der Waals surface area contributed by atoms with Gasteiger partial charge in [0.15, 0.2) is 0 Å². The Morgan fingerprint density at radius 3 is 1.93 bits per heavy atom. The number of carbonyl (C=O) groups is 4. The van der Waals surface area contributed by atoms with Gasteiger partial charge in [-0.05, 0) is 43.5 Å². The Hall–Kier alpha value is -2.77. The lowest BCUT2D eigenvalue weighted by Crippen LogP contribution is -2.64. The maximum Gasteiger partial charge on any atom is 0.269 e. The Balaban J connectivity index is 1.76. The van der Waals surface area contributed by atoms with Crippen molar-refractivity contribution < 1.29 is 23.6 Å². The predicted molar refractivity (Wildman–Crippen MR) is 98.0 cm³/mol. The fourth-order valence-electron chi connectivity index (χ4n) is 5.07. The van der Waals surface area contributed by atoms with Crippen molar-refractivity contribution >= 4 is 23.6 Å². The summed E-state index contributed by atoms with van der Waals surface area (Å²) in [5, 5.41) is 0. The molecule has 8 heteroatoms. The Morgan fingerprint density at radius 1 is 0.929 bits per heavy atom. The van der Waals surface area contributed by atoms with Crippen molar-refractivity contribution in [2.24, 2.45) is 16.2 Å². The van der Waals surface area contributed by atoms with Crippen molar-refractivity contribution in [2.45, 2.75) is 40.0 Å². The van der Waals surface area contributed by atoms with E-state index >= 15 is 0 Å². The van der Waals surface area contributed by atoms with E-state index < -0.39 is 33.9 Å². The van der Waals surface area contributed by atoms with Gasteiger partial charge in [0.1, 0.15) is 5.82 Å². The number of nitrogens with zero attached hydrogens (tertiary/aromatic N) is 1. The number of fused-ring (bicyclic) bond motifs is 2. The lowest BCUT2D eigenvalue weighted by molar-refractivity contribution is -0.178. The molecule has 1 saturated heterocycles. The van der Waals surface area contributed by atoms with Gasteiger partial charge in [0.25, 0.3) is 5.91 Å². The molecule has 2 aliphatic rings. The summed E-state index contributed by atoms with van der Waals surface area (Å²) in [5.41, 5.74) is 2.25. The molecule has 0 radical (unpaired) electrons. The molecule has 2 atom stereocenters. The minimum absolute atomic E-state index is 0.193. The summed E-state index contributed by atoms with van der Waals surface area (Å²) in [7, 11) is 1.48. The largest absolute Gasteiger partial charge is 0.285 e. The number of carbonyl (C=O) groups excluding carboxylic acids is 4. The molecule has 0 aromatic heterocycles. The van der Waals surface area contributed by atoms with Crippen LogP contribution in [0.1, 0.15) is 50.4 Å². The van der Waals surface area contributed by atoms with E-state index in [1.807, 2.05) is 0 Å². The molecule has 0 spiro atoms. The third kappa shape index (κ3) is 3.16.